The smallest absolute Gasteiger partial charge is 0.356 e. The van der Waals surface area contributed by atoms with Gasteiger partial charge in [0.15, 0.2) is 6.10 Å². The van der Waals surface area contributed by atoms with Crippen LogP contribution in [0.1, 0.15) is 4.79 Å². The number of nitrogens with one attached hydrogen (secondary N) is 1. The van der Waals surface area contributed by atoms with Crippen molar-refractivity contribution in [2.45, 2.75) is 18.1 Å². The maximum atomic E-state index is 13.6. The van der Waals surface area contributed by atoms with E-state index in [1.54, 1.807) is 0 Å². The zero-order chi connectivity index (χ0) is 16.2. The molecule has 0 aliphatic heterocycles. The van der Waals surface area contributed by atoms with Crippen LogP contribution in [0.3, 0.4) is 0 Å². The van der Waals surface area contributed by atoms with Crippen LogP contribution >= 0.6 is 0 Å². The fourth-order valence-corrected chi connectivity index (χ4v) is 1.37. The molecule has 0 aliphatic carbocycles. The molecule has 5 N–H and O–H groups in total. The van der Waals surface area contributed by atoms with Crippen molar-refractivity contribution in [1.82, 2.24) is 9.55 Å². The van der Waals surface area contributed by atoms with Crippen LogP contribution in [0.25, 0.3) is 0 Å². The maximum absolute atomic E-state index is 13.6. The van der Waals surface area contributed by atoms with Crippen molar-refractivity contribution in [3.05, 3.63) is 22.7 Å². The number of rotatable bonds is 6. The normalized spacial score (nSPS) is 14.6. The summed E-state index contributed by atoms with van der Waals surface area (Å²) in [4.78, 5) is 26.2. The first-order valence-electron chi connectivity index (χ1n) is 5.59. The number of nitrogens with zero attached hydrogens (tertiary/aromatic N) is 2. The predicted molar refractivity (Wildman–Crippen MR) is 63.9 cm³/mol. The highest BCUT2D eigenvalue weighted by Gasteiger charge is 2.50. The SMILES string of the molecule is O=C(n1ccc(NCO)nc1=O)C(F)(F)[C@H](O)[C@H](O)CO. The number of carbonyl (C=O) groups excluding carboxylic acids is 1. The lowest BCUT2D eigenvalue weighted by molar-refractivity contribution is -0.136. The molecule has 0 aromatic carbocycles. The Bertz CT molecular complexity index is 564. The van der Waals surface area contributed by atoms with Crippen molar-refractivity contribution in [2.24, 2.45) is 0 Å². The summed E-state index contributed by atoms with van der Waals surface area (Å²) < 4.78 is 27.2. The summed E-state index contributed by atoms with van der Waals surface area (Å²) in [6, 6.07) is 0.973. The largest absolute Gasteiger partial charge is 0.394 e. The van der Waals surface area contributed by atoms with Gasteiger partial charge in [-0.3, -0.25) is 4.79 Å². The van der Waals surface area contributed by atoms with Crippen molar-refractivity contribution < 1.29 is 34.0 Å². The van der Waals surface area contributed by atoms with E-state index in [9.17, 15) is 18.4 Å². The highest BCUT2D eigenvalue weighted by atomic mass is 19.3. The van der Waals surface area contributed by atoms with E-state index >= 15 is 0 Å². The Morgan fingerprint density at radius 2 is 2.05 bits per heavy atom. The number of alkyl halides is 2. The standard InChI is InChI=1S/C10H13F2N3O6/c11-10(12,7(19)5(18)3-16)8(20)15-2-1-6(13-4-17)14-9(15)21/h1-2,5,7,16-19H,3-4H2,(H,13,14,21)/t5-,7-/m1/s1. The number of hydrogen-bond acceptors (Lipinski definition) is 8. The lowest BCUT2D eigenvalue weighted by atomic mass is 10.1. The zero-order valence-electron chi connectivity index (χ0n) is 10.5. The summed E-state index contributed by atoms with van der Waals surface area (Å²) in [6.45, 7) is -1.77. The molecule has 9 nitrogen and oxygen atoms in total. The van der Waals surface area contributed by atoms with Crippen molar-refractivity contribution in [3.63, 3.8) is 0 Å². The molecule has 0 unspecified atom stereocenters. The van der Waals surface area contributed by atoms with Crippen molar-refractivity contribution >= 4 is 11.7 Å². The molecule has 1 rings (SSSR count). The minimum atomic E-state index is -4.51. The molecule has 1 aromatic heterocycles. The third-order valence-corrected chi connectivity index (χ3v) is 2.49. The number of aromatic nitrogens is 2. The van der Waals surface area contributed by atoms with Gasteiger partial charge in [-0.25, -0.2) is 9.36 Å². The molecule has 0 bridgehead atoms. The van der Waals surface area contributed by atoms with Gasteiger partial charge in [-0.05, 0) is 6.07 Å². The van der Waals surface area contributed by atoms with Gasteiger partial charge in [0, 0.05) is 6.20 Å². The van der Waals surface area contributed by atoms with E-state index in [0.29, 0.717) is 6.20 Å². The molecule has 0 saturated carbocycles. The quantitative estimate of drug-likeness (QED) is 0.366. The maximum Gasteiger partial charge on any atom is 0.356 e. The van der Waals surface area contributed by atoms with E-state index < -0.39 is 43.1 Å². The Morgan fingerprint density at radius 3 is 2.52 bits per heavy atom. The Morgan fingerprint density at radius 1 is 1.43 bits per heavy atom. The number of anilines is 1. The lowest BCUT2D eigenvalue weighted by Crippen LogP contribution is -2.53. The van der Waals surface area contributed by atoms with Gasteiger partial charge >= 0.3 is 17.5 Å². The van der Waals surface area contributed by atoms with Crippen LogP contribution in [0.2, 0.25) is 0 Å². The fraction of sp³-hybridized carbons (Fsp3) is 0.500. The highest BCUT2D eigenvalue weighted by molar-refractivity contribution is 5.86. The van der Waals surface area contributed by atoms with Crippen LogP contribution in [0.15, 0.2) is 17.1 Å². The average molecular weight is 309 g/mol. The monoisotopic (exact) mass is 309 g/mol. The van der Waals surface area contributed by atoms with Crippen LogP contribution in [-0.4, -0.2) is 67.4 Å². The molecule has 11 heteroatoms. The summed E-state index contributed by atoms with van der Waals surface area (Å²) in [5, 5.41) is 37.4. The first kappa shape index (κ1) is 17.1. The van der Waals surface area contributed by atoms with Gasteiger partial charge in [-0.1, -0.05) is 0 Å². The third-order valence-electron chi connectivity index (χ3n) is 2.49. The molecule has 0 amide bonds. The minimum Gasteiger partial charge on any atom is -0.394 e. The molecule has 0 aliphatic rings. The third kappa shape index (κ3) is 3.58. The van der Waals surface area contributed by atoms with Crippen LogP contribution in [0.5, 0.6) is 0 Å². The second-order valence-corrected chi connectivity index (χ2v) is 3.92. The van der Waals surface area contributed by atoms with Gasteiger partial charge in [0.25, 0.3) is 0 Å². The van der Waals surface area contributed by atoms with E-state index in [0.717, 1.165) is 6.07 Å². The second-order valence-electron chi connectivity index (χ2n) is 3.92. The first-order valence-corrected chi connectivity index (χ1v) is 5.59. The minimum absolute atomic E-state index is 0.0597. The molecular weight excluding hydrogens is 296 g/mol. The lowest BCUT2D eigenvalue weighted by Gasteiger charge is -2.24. The second kappa shape index (κ2) is 6.67. The molecular formula is C10H13F2N3O6. The van der Waals surface area contributed by atoms with E-state index in [-0.39, 0.29) is 10.4 Å². The first-order chi connectivity index (χ1) is 9.75. The summed E-state index contributed by atoms with van der Waals surface area (Å²) in [5.74, 6) is -6.78. The molecule has 1 aromatic rings. The Hall–Kier alpha value is -1.95. The number of aliphatic hydroxyl groups is 4. The van der Waals surface area contributed by atoms with Crippen molar-refractivity contribution in [1.29, 1.82) is 0 Å². The van der Waals surface area contributed by atoms with Crippen LogP contribution in [0.4, 0.5) is 14.6 Å². The summed E-state index contributed by atoms with van der Waals surface area (Å²) in [5.41, 5.74) is -1.37. The van der Waals surface area contributed by atoms with Gasteiger partial charge < -0.3 is 25.7 Å². The molecule has 118 valence electrons. The molecule has 1 heterocycles. The number of hydrogen-bond donors (Lipinski definition) is 5. The van der Waals surface area contributed by atoms with Crippen molar-refractivity contribution in [3.8, 4) is 0 Å². The Kier molecular flexibility index (Phi) is 5.43. The van der Waals surface area contributed by atoms with E-state index in [4.69, 9.17) is 20.4 Å². The van der Waals surface area contributed by atoms with Gasteiger partial charge in [0.05, 0.1) is 6.61 Å². The van der Waals surface area contributed by atoms with Crippen LogP contribution in [0, 0.1) is 0 Å². The summed E-state index contributed by atoms with van der Waals surface area (Å²) in [7, 11) is 0. The van der Waals surface area contributed by atoms with E-state index in [2.05, 4.69) is 10.3 Å². The van der Waals surface area contributed by atoms with E-state index in [1.807, 2.05) is 0 Å². The van der Waals surface area contributed by atoms with Crippen molar-refractivity contribution in [2.75, 3.05) is 18.7 Å². The predicted octanol–water partition coefficient (Wildman–Crippen LogP) is -2.41. The molecule has 0 fully saturated rings. The molecule has 0 radical (unpaired) electrons. The Balaban J connectivity index is 3.10. The van der Waals surface area contributed by atoms with Crippen LogP contribution in [-0.2, 0) is 0 Å². The van der Waals surface area contributed by atoms with Gasteiger partial charge in [-0.15, -0.1) is 0 Å². The molecule has 0 spiro atoms. The van der Waals surface area contributed by atoms with E-state index in [1.165, 1.54) is 0 Å². The number of aliphatic hydroxyl groups excluding tert-OH is 4. The van der Waals surface area contributed by atoms with Crippen LogP contribution < -0.4 is 11.0 Å². The van der Waals surface area contributed by atoms with Gasteiger partial charge in [-0.2, -0.15) is 13.8 Å². The average Bonchev–Trinajstić information content (AvgIpc) is 2.45. The zero-order valence-corrected chi connectivity index (χ0v) is 10.5. The highest BCUT2D eigenvalue weighted by Crippen LogP contribution is 2.23. The molecule has 2 atom stereocenters. The number of carbonyl (C=O) groups is 1. The topological polar surface area (TPSA) is 145 Å². The summed E-state index contributed by atoms with van der Waals surface area (Å²) >= 11 is 0. The fourth-order valence-electron chi connectivity index (χ4n) is 1.37. The van der Waals surface area contributed by atoms with Gasteiger partial charge in [0.1, 0.15) is 18.7 Å². The molecule has 0 saturated heterocycles. The summed E-state index contributed by atoms with van der Waals surface area (Å²) in [6.07, 6.45) is -4.48. The molecule has 21 heavy (non-hydrogen) atoms. The van der Waals surface area contributed by atoms with Gasteiger partial charge in [0.2, 0.25) is 0 Å². The number of halogens is 2. The Labute approximate surface area is 116 Å².